The Hall–Kier alpha value is -3.16. The third-order valence-electron chi connectivity index (χ3n) is 14.0. The number of allylic oxidation sites excluding steroid dienone is 24. The van der Waals surface area contributed by atoms with Gasteiger partial charge in [0.2, 0.25) is 0 Å². The van der Waals surface area contributed by atoms with Crippen molar-refractivity contribution in [1.29, 1.82) is 0 Å². The van der Waals surface area contributed by atoms with Gasteiger partial charge in [0.05, 0.1) is 12.2 Å². The zero-order chi connectivity index (χ0) is 53.9. The maximum absolute atomic E-state index is 7.24. The van der Waals surface area contributed by atoms with Crippen LogP contribution in [0.15, 0.2) is 146 Å². The van der Waals surface area contributed by atoms with E-state index in [0.717, 1.165) is 51.4 Å². The zero-order valence-electron chi connectivity index (χ0n) is 50.5. The summed E-state index contributed by atoms with van der Waals surface area (Å²) in [6.45, 7) is 9.10. The Balaban J connectivity index is 5.25. The second-order valence-electron chi connectivity index (χ2n) is 21.5. The maximum Gasteiger partial charge on any atom is 0.0578 e. The Kier molecular flexibility index (Phi) is 64.1. The van der Waals surface area contributed by atoms with Gasteiger partial charge < -0.3 is 4.74 Å². The molecule has 0 saturated carbocycles. The van der Waals surface area contributed by atoms with Crippen molar-refractivity contribution < 1.29 is 4.74 Å². The molecule has 0 aromatic heterocycles. The van der Waals surface area contributed by atoms with Gasteiger partial charge in [0.15, 0.2) is 0 Å². The molecule has 0 rings (SSSR count). The Labute approximate surface area is 470 Å². The van der Waals surface area contributed by atoms with Gasteiger partial charge in [0.25, 0.3) is 0 Å². The molecule has 0 N–H and O–H groups in total. The summed E-state index contributed by atoms with van der Waals surface area (Å²) >= 11 is 0. The summed E-state index contributed by atoms with van der Waals surface area (Å²) in [6.07, 6.45) is 112. The summed E-state index contributed by atoms with van der Waals surface area (Å²) < 4.78 is 7.24. The van der Waals surface area contributed by atoms with E-state index in [4.69, 9.17) is 4.74 Å². The molecule has 1 nitrogen and oxygen atoms in total. The van der Waals surface area contributed by atoms with Crippen molar-refractivity contribution in [1.82, 2.24) is 0 Å². The molecule has 75 heavy (non-hydrogen) atoms. The molecule has 0 amide bonds. The van der Waals surface area contributed by atoms with Crippen molar-refractivity contribution in [3.05, 3.63) is 146 Å². The molecule has 0 aliphatic carbocycles. The van der Waals surface area contributed by atoms with Crippen molar-refractivity contribution in [2.24, 2.45) is 0 Å². The molecular weight excluding hydrogens is 905 g/mol. The molecule has 0 aliphatic heterocycles. The van der Waals surface area contributed by atoms with Crippen LogP contribution in [-0.2, 0) is 4.74 Å². The molecule has 0 aromatic carbocycles. The number of hydrogen-bond donors (Lipinski definition) is 0. The minimum Gasteiger partial charge on any atom is -0.375 e. The molecule has 0 radical (unpaired) electrons. The largest absolute Gasteiger partial charge is 0.375 e. The van der Waals surface area contributed by atoms with Crippen LogP contribution >= 0.6 is 0 Å². The second kappa shape index (κ2) is 67.0. The van der Waals surface area contributed by atoms with Crippen LogP contribution in [0.3, 0.4) is 0 Å². The lowest BCUT2D eigenvalue weighted by Gasteiger charge is -2.26. The number of unbranched alkanes of at least 4 members (excludes halogenated alkanes) is 24. The third-order valence-corrected chi connectivity index (χ3v) is 14.0. The minimum absolute atomic E-state index is 0.401. The summed E-state index contributed by atoms with van der Waals surface area (Å²) in [6, 6.07) is 0. The van der Waals surface area contributed by atoms with E-state index >= 15 is 0 Å². The molecule has 0 fully saturated rings. The molecule has 0 aliphatic rings. The first-order valence-corrected chi connectivity index (χ1v) is 32.7. The van der Waals surface area contributed by atoms with Crippen molar-refractivity contribution in [3.8, 4) is 0 Å². The normalized spacial score (nSPS) is 13.9. The summed E-state index contributed by atoms with van der Waals surface area (Å²) in [5.41, 5.74) is 0. The fraction of sp³-hybridized carbons (Fsp3) is 0.676. The number of rotatable bonds is 58. The van der Waals surface area contributed by atoms with Gasteiger partial charge in [-0.15, -0.1) is 0 Å². The van der Waals surface area contributed by atoms with Crippen LogP contribution in [0, 0.1) is 0 Å². The third kappa shape index (κ3) is 63.3. The molecule has 0 spiro atoms. The van der Waals surface area contributed by atoms with Crippen LogP contribution in [0.4, 0.5) is 0 Å². The highest BCUT2D eigenvalue weighted by atomic mass is 16.5. The van der Waals surface area contributed by atoms with Crippen LogP contribution in [0.25, 0.3) is 0 Å². The molecule has 428 valence electrons. The van der Waals surface area contributed by atoms with Gasteiger partial charge in [-0.25, -0.2) is 0 Å². The Morgan fingerprint density at radius 1 is 0.187 bits per heavy atom. The first-order chi connectivity index (χ1) is 37.3. The average Bonchev–Trinajstić information content (AvgIpc) is 3.42. The van der Waals surface area contributed by atoms with Crippen molar-refractivity contribution in [2.45, 2.75) is 322 Å². The molecule has 0 aromatic rings. The van der Waals surface area contributed by atoms with Crippen LogP contribution in [0.1, 0.15) is 310 Å². The van der Waals surface area contributed by atoms with Gasteiger partial charge in [-0.3, -0.25) is 0 Å². The van der Waals surface area contributed by atoms with E-state index in [1.807, 2.05) is 0 Å². The van der Waals surface area contributed by atoms with E-state index in [-0.39, 0.29) is 0 Å². The molecule has 0 unspecified atom stereocenters. The standard InChI is InChI=1S/C74H126O/c1-5-9-13-17-21-25-29-33-37-41-45-49-53-57-61-65-69-73(70-66-62-58-54-50-46-42-38-34-30-26-22-18-14-10-6-2)75-74(71-67-63-59-55-51-47-43-39-35-31-27-23-19-15-11-7-3)72-68-64-60-56-52-48-44-40-36-32-28-24-20-16-12-8-4/h21-28,33-40,45-52,73-74H,5-20,29-32,41-44,53-72H2,1-4H3. The van der Waals surface area contributed by atoms with E-state index in [1.165, 1.54) is 231 Å². The predicted octanol–water partition coefficient (Wildman–Crippen LogP) is 25.7. The second-order valence-corrected chi connectivity index (χ2v) is 21.5. The lowest BCUT2D eigenvalue weighted by atomic mass is 10.00. The Morgan fingerprint density at radius 2 is 0.347 bits per heavy atom. The van der Waals surface area contributed by atoms with E-state index < -0.39 is 0 Å². The van der Waals surface area contributed by atoms with E-state index in [2.05, 4.69) is 174 Å². The van der Waals surface area contributed by atoms with Crippen LogP contribution < -0.4 is 0 Å². The monoisotopic (exact) mass is 1030 g/mol. The quantitative estimate of drug-likeness (QED) is 0.0436. The highest BCUT2D eigenvalue weighted by Gasteiger charge is 2.17. The summed E-state index contributed by atoms with van der Waals surface area (Å²) in [5, 5.41) is 0. The van der Waals surface area contributed by atoms with E-state index in [9.17, 15) is 0 Å². The molecule has 0 heterocycles. The topological polar surface area (TPSA) is 9.23 Å². The fourth-order valence-corrected chi connectivity index (χ4v) is 9.24. The maximum atomic E-state index is 7.24. The highest BCUT2D eigenvalue weighted by molar-refractivity contribution is 5.00. The van der Waals surface area contributed by atoms with Crippen molar-refractivity contribution in [2.75, 3.05) is 0 Å². The molecule has 0 atom stereocenters. The Morgan fingerprint density at radius 3 is 0.520 bits per heavy atom. The summed E-state index contributed by atoms with van der Waals surface area (Å²) in [7, 11) is 0. The van der Waals surface area contributed by atoms with Gasteiger partial charge in [-0.05, 0) is 180 Å². The number of ether oxygens (including phenoxy) is 1. The fourth-order valence-electron chi connectivity index (χ4n) is 9.24. The van der Waals surface area contributed by atoms with E-state index in [1.54, 1.807) is 0 Å². The minimum atomic E-state index is 0.401. The lowest BCUT2D eigenvalue weighted by molar-refractivity contribution is -0.0323. The van der Waals surface area contributed by atoms with Gasteiger partial charge in [-0.1, -0.05) is 276 Å². The van der Waals surface area contributed by atoms with Crippen LogP contribution in [0.2, 0.25) is 0 Å². The van der Waals surface area contributed by atoms with Gasteiger partial charge >= 0.3 is 0 Å². The van der Waals surface area contributed by atoms with Crippen molar-refractivity contribution in [3.63, 3.8) is 0 Å². The lowest BCUT2D eigenvalue weighted by Crippen LogP contribution is -2.23. The zero-order valence-corrected chi connectivity index (χ0v) is 50.5. The summed E-state index contributed by atoms with van der Waals surface area (Å²) in [4.78, 5) is 0. The first kappa shape index (κ1) is 71.8. The van der Waals surface area contributed by atoms with E-state index in [0.29, 0.717) is 12.2 Å². The molecule has 1 heteroatoms. The van der Waals surface area contributed by atoms with Crippen molar-refractivity contribution >= 4 is 0 Å². The average molecular weight is 1030 g/mol. The van der Waals surface area contributed by atoms with Gasteiger partial charge in [0.1, 0.15) is 0 Å². The predicted molar refractivity (Wildman–Crippen MR) is 344 cm³/mol. The molecular formula is C74H126O. The van der Waals surface area contributed by atoms with Gasteiger partial charge in [-0.2, -0.15) is 0 Å². The highest BCUT2D eigenvalue weighted by Crippen LogP contribution is 2.23. The SMILES string of the molecule is CCCCCC=CCC=CCC=CCCCCCC(CCCCCC=CCC=CCC=CCCCCC)OC(CCCCCC=CCC=CCC=CCCCCC)CCCCCC=CCC=CCC=CCCCCC. The van der Waals surface area contributed by atoms with Gasteiger partial charge in [0, 0.05) is 0 Å². The Bertz CT molecular complexity index is 1250. The van der Waals surface area contributed by atoms with Crippen LogP contribution in [0.5, 0.6) is 0 Å². The smallest absolute Gasteiger partial charge is 0.0578 e. The number of hydrogen-bond acceptors (Lipinski definition) is 1. The summed E-state index contributed by atoms with van der Waals surface area (Å²) in [5.74, 6) is 0. The molecule has 0 bridgehead atoms. The van der Waals surface area contributed by atoms with Crippen LogP contribution in [-0.4, -0.2) is 12.2 Å². The molecule has 0 saturated heterocycles. The first-order valence-electron chi connectivity index (χ1n) is 32.7.